The van der Waals surface area contributed by atoms with Gasteiger partial charge in [-0.2, -0.15) is 0 Å². The number of hydrogen-bond acceptors (Lipinski definition) is 6. The highest BCUT2D eigenvalue weighted by atomic mass is 16.1. The Balaban J connectivity index is 1.33. The fourth-order valence-corrected chi connectivity index (χ4v) is 4.91. The van der Waals surface area contributed by atoms with Crippen LogP contribution in [-0.4, -0.2) is 69.6 Å². The molecule has 8 heteroatoms. The molecule has 1 amide bonds. The molecular formula is C23H37N7O. The van der Waals surface area contributed by atoms with Crippen LogP contribution in [0, 0.1) is 5.92 Å². The number of nitrogens with zero attached hydrogens (tertiary/aromatic N) is 6. The van der Waals surface area contributed by atoms with Gasteiger partial charge in [0.2, 0.25) is 5.91 Å². The number of imidazole rings is 1. The lowest BCUT2D eigenvalue weighted by Gasteiger charge is -2.32. The Morgan fingerprint density at radius 2 is 1.94 bits per heavy atom. The molecule has 2 aliphatic rings. The van der Waals surface area contributed by atoms with Crippen molar-refractivity contribution < 1.29 is 4.79 Å². The van der Waals surface area contributed by atoms with Crippen molar-refractivity contribution in [3.63, 3.8) is 0 Å². The fourth-order valence-electron chi connectivity index (χ4n) is 4.91. The second-order valence-corrected chi connectivity index (χ2v) is 8.79. The Morgan fingerprint density at radius 3 is 2.71 bits per heavy atom. The first-order chi connectivity index (χ1) is 15.2. The van der Waals surface area contributed by atoms with E-state index in [0.717, 1.165) is 94.3 Å². The maximum atomic E-state index is 12.6. The van der Waals surface area contributed by atoms with Crippen LogP contribution in [0.15, 0.2) is 6.33 Å². The van der Waals surface area contributed by atoms with Crippen LogP contribution in [0.1, 0.15) is 58.2 Å². The maximum absolute atomic E-state index is 12.6. The molecule has 1 saturated heterocycles. The van der Waals surface area contributed by atoms with Crippen LogP contribution in [0.4, 0.5) is 5.82 Å². The molecule has 0 aromatic carbocycles. The first-order valence-electron chi connectivity index (χ1n) is 12.2. The van der Waals surface area contributed by atoms with Crippen molar-refractivity contribution in [2.24, 2.45) is 5.92 Å². The minimum absolute atomic E-state index is 0.0979. The number of fused-ring (bicyclic) bond motifs is 3. The Kier molecular flexibility index (Phi) is 7.37. The van der Waals surface area contributed by atoms with Crippen LogP contribution in [0.5, 0.6) is 0 Å². The van der Waals surface area contributed by atoms with Crippen LogP contribution in [0.2, 0.25) is 0 Å². The molecule has 8 nitrogen and oxygen atoms in total. The van der Waals surface area contributed by atoms with Crippen LogP contribution in [0.25, 0.3) is 11.2 Å². The normalized spacial score (nSPS) is 17.7. The second-order valence-electron chi connectivity index (χ2n) is 8.79. The molecule has 1 N–H and O–H groups in total. The molecule has 1 fully saturated rings. The summed E-state index contributed by atoms with van der Waals surface area (Å²) in [5.41, 5.74) is 1.90. The van der Waals surface area contributed by atoms with Gasteiger partial charge in [0, 0.05) is 38.5 Å². The molecule has 4 rings (SSSR count). The summed E-state index contributed by atoms with van der Waals surface area (Å²) in [5, 5.41) is 3.15. The Labute approximate surface area is 185 Å². The smallest absolute Gasteiger partial charge is 0.223 e. The lowest BCUT2D eigenvalue weighted by atomic mass is 9.96. The number of carbonyl (C=O) groups excluding carboxylic acids is 1. The number of hydrogen-bond donors (Lipinski definition) is 1. The molecule has 0 atom stereocenters. The number of anilines is 1. The lowest BCUT2D eigenvalue weighted by molar-refractivity contribution is -0.125. The van der Waals surface area contributed by atoms with Crippen molar-refractivity contribution in [2.75, 3.05) is 44.2 Å². The van der Waals surface area contributed by atoms with Gasteiger partial charge in [-0.15, -0.1) is 0 Å². The predicted molar refractivity (Wildman–Crippen MR) is 123 cm³/mol. The molecule has 0 spiro atoms. The quantitative estimate of drug-likeness (QED) is 0.653. The Bertz CT molecular complexity index is 868. The van der Waals surface area contributed by atoms with Crippen molar-refractivity contribution in [1.29, 1.82) is 0 Å². The first-order valence-corrected chi connectivity index (χ1v) is 12.2. The molecule has 0 radical (unpaired) electrons. The van der Waals surface area contributed by atoms with Gasteiger partial charge >= 0.3 is 0 Å². The zero-order chi connectivity index (χ0) is 21.6. The van der Waals surface area contributed by atoms with Crippen molar-refractivity contribution in [3.8, 4) is 0 Å². The van der Waals surface area contributed by atoms with E-state index in [4.69, 9.17) is 4.98 Å². The number of aromatic nitrogens is 4. The number of aryl methyl sites for hydroxylation is 2. The number of rotatable bonds is 8. The molecule has 2 aromatic heterocycles. The van der Waals surface area contributed by atoms with E-state index in [1.807, 2.05) is 0 Å². The molecule has 0 aliphatic carbocycles. The van der Waals surface area contributed by atoms with Crippen molar-refractivity contribution in [1.82, 2.24) is 29.7 Å². The van der Waals surface area contributed by atoms with Crippen molar-refractivity contribution >= 4 is 22.9 Å². The van der Waals surface area contributed by atoms with E-state index in [2.05, 4.69) is 43.5 Å². The number of carbonyl (C=O) groups is 1. The zero-order valence-electron chi connectivity index (χ0n) is 19.1. The fraction of sp³-hybridized carbons (Fsp3) is 0.739. The highest BCUT2D eigenvalue weighted by Gasteiger charge is 2.28. The third-order valence-electron chi connectivity index (χ3n) is 6.88. The first kappa shape index (κ1) is 22.0. The molecule has 2 aromatic rings. The van der Waals surface area contributed by atoms with E-state index >= 15 is 0 Å². The second kappa shape index (κ2) is 10.4. The van der Waals surface area contributed by atoms with Gasteiger partial charge in [0.1, 0.15) is 12.2 Å². The number of amides is 1. The van der Waals surface area contributed by atoms with Gasteiger partial charge in [0.25, 0.3) is 0 Å². The monoisotopic (exact) mass is 427 g/mol. The summed E-state index contributed by atoms with van der Waals surface area (Å²) in [6.45, 7) is 11.0. The third kappa shape index (κ3) is 5.00. The van der Waals surface area contributed by atoms with Gasteiger partial charge < -0.3 is 19.7 Å². The van der Waals surface area contributed by atoms with E-state index in [1.54, 1.807) is 6.33 Å². The van der Waals surface area contributed by atoms with E-state index in [0.29, 0.717) is 0 Å². The van der Waals surface area contributed by atoms with Gasteiger partial charge in [-0.3, -0.25) is 4.79 Å². The van der Waals surface area contributed by atoms with E-state index in [-0.39, 0.29) is 11.8 Å². The molecule has 4 heterocycles. The maximum Gasteiger partial charge on any atom is 0.223 e. The van der Waals surface area contributed by atoms with Gasteiger partial charge in [-0.1, -0.05) is 20.3 Å². The lowest BCUT2D eigenvalue weighted by Crippen LogP contribution is -2.41. The van der Waals surface area contributed by atoms with Gasteiger partial charge in [-0.25, -0.2) is 15.0 Å². The predicted octanol–water partition coefficient (Wildman–Crippen LogP) is 2.62. The minimum atomic E-state index is 0.0979. The van der Waals surface area contributed by atoms with Crippen LogP contribution < -0.4 is 10.2 Å². The molecule has 0 saturated carbocycles. The zero-order valence-corrected chi connectivity index (χ0v) is 19.1. The average molecular weight is 428 g/mol. The Hall–Kier alpha value is -2.22. The summed E-state index contributed by atoms with van der Waals surface area (Å²) >= 11 is 0. The summed E-state index contributed by atoms with van der Waals surface area (Å²) in [5.74, 6) is 2.39. The SMILES string of the molecule is CCN(CC)CCCNC(=O)C1CCN(c2ncnc3c2nc2n3CCCCC2)CC1. The van der Waals surface area contributed by atoms with E-state index in [9.17, 15) is 4.79 Å². The number of piperidine rings is 1. The summed E-state index contributed by atoms with van der Waals surface area (Å²) in [7, 11) is 0. The Morgan fingerprint density at radius 1 is 1.13 bits per heavy atom. The minimum Gasteiger partial charge on any atom is -0.356 e. The van der Waals surface area contributed by atoms with Crippen LogP contribution >= 0.6 is 0 Å². The molecule has 0 bridgehead atoms. The van der Waals surface area contributed by atoms with Gasteiger partial charge in [0.15, 0.2) is 17.0 Å². The van der Waals surface area contributed by atoms with Gasteiger partial charge in [-0.05, 0) is 51.7 Å². The van der Waals surface area contributed by atoms with Gasteiger partial charge in [0.05, 0.1) is 0 Å². The van der Waals surface area contributed by atoms with Crippen molar-refractivity contribution in [3.05, 3.63) is 12.2 Å². The summed E-state index contributed by atoms with van der Waals surface area (Å²) in [6, 6.07) is 0. The van der Waals surface area contributed by atoms with E-state index < -0.39 is 0 Å². The highest BCUT2D eigenvalue weighted by molar-refractivity contribution is 5.84. The number of nitrogens with one attached hydrogen (secondary N) is 1. The molecule has 170 valence electrons. The summed E-state index contributed by atoms with van der Waals surface area (Å²) in [6.07, 6.45) is 9.07. The molecule has 31 heavy (non-hydrogen) atoms. The standard InChI is InChI=1S/C23H37N7O/c1-3-28(4-2)13-8-12-24-23(31)18-10-15-29(16-11-18)21-20-22(26-17-25-21)30-14-7-5-6-9-19(30)27-20/h17-18H,3-16H2,1-2H3,(H,24,31). The summed E-state index contributed by atoms with van der Waals surface area (Å²) in [4.78, 5) is 31.4. The highest BCUT2D eigenvalue weighted by Crippen LogP contribution is 2.29. The molecule has 2 aliphatic heterocycles. The topological polar surface area (TPSA) is 79.2 Å². The average Bonchev–Trinajstić information content (AvgIpc) is 3.00. The molecular weight excluding hydrogens is 390 g/mol. The van der Waals surface area contributed by atoms with E-state index in [1.165, 1.54) is 19.3 Å². The van der Waals surface area contributed by atoms with Crippen LogP contribution in [0.3, 0.4) is 0 Å². The third-order valence-corrected chi connectivity index (χ3v) is 6.88. The van der Waals surface area contributed by atoms with Crippen LogP contribution in [-0.2, 0) is 17.8 Å². The summed E-state index contributed by atoms with van der Waals surface area (Å²) < 4.78 is 2.28. The molecule has 0 unspecified atom stereocenters. The largest absolute Gasteiger partial charge is 0.356 e. The van der Waals surface area contributed by atoms with Crippen molar-refractivity contribution in [2.45, 2.75) is 65.3 Å².